The molecule has 0 spiro atoms. The summed E-state index contributed by atoms with van der Waals surface area (Å²) in [6, 6.07) is 5.15. The van der Waals surface area contributed by atoms with Crippen molar-refractivity contribution in [3.8, 4) is 0 Å². The summed E-state index contributed by atoms with van der Waals surface area (Å²) in [5.41, 5.74) is 0.577. The minimum absolute atomic E-state index is 0.136. The molecule has 4 heteroatoms. The molecule has 98 valence electrons. The van der Waals surface area contributed by atoms with E-state index in [9.17, 15) is 14.3 Å². The van der Waals surface area contributed by atoms with Crippen molar-refractivity contribution >= 4 is 5.91 Å². The number of halogens is 1. The molecule has 1 aromatic carbocycles. The SMILES string of the molecule is C=CCCC(=O)NC(C)C(O)c1ccc(F)cc1. The van der Waals surface area contributed by atoms with Gasteiger partial charge in [-0.1, -0.05) is 18.2 Å². The van der Waals surface area contributed by atoms with Crippen LogP contribution in [-0.4, -0.2) is 17.1 Å². The number of hydrogen-bond acceptors (Lipinski definition) is 2. The first-order valence-electron chi connectivity index (χ1n) is 5.88. The fourth-order valence-electron chi connectivity index (χ4n) is 1.59. The maximum Gasteiger partial charge on any atom is 0.220 e. The maximum atomic E-state index is 12.7. The molecule has 2 atom stereocenters. The van der Waals surface area contributed by atoms with Crippen LogP contribution in [0.4, 0.5) is 4.39 Å². The monoisotopic (exact) mass is 251 g/mol. The Morgan fingerprint density at radius 3 is 2.67 bits per heavy atom. The summed E-state index contributed by atoms with van der Waals surface area (Å²) in [6.07, 6.45) is 1.77. The molecule has 0 saturated carbocycles. The number of carbonyl (C=O) groups excluding carboxylic acids is 1. The third-order valence-corrected chi connectivity index (χ3v) is 2.65. The summed E-state index contributed by atoms with van der Waals surface area (Å²) in [6.45, 7) is 5.25. The van der Waals surface area contributed by atoms with Crippen LogP contribution < -0.4 is 5.32 Å². The molecule has 0 bridgehead atoms. The lowest BCUT2D eigenvalue weighted by Crippen LogP contribution is -2.36. The number of rotatable bonds is 6. The van der Waals surface area contributed by atoms with Crippen molar-refractivity contribution in [3.05, 3.63) is 48.3 Å². The van der Waals surface area contributed by atoms with Crippen LogP contribution in [0.2, 0.25) is 0 Å². The van der Waals surface area contributed by atoms with Gasteiger partial charge in [-0.15, -0.1) is 6.58 Å². The molecule has 1 aromatic rings. The quantitative estimate of drug-likeness (QED) is 0.762. The van der Waals surface area contributed by atoms with Crippen molar-refractivity contribution in [1.29, 1.82) is 0 Å². The molecular weight excluding hydrogens is 233 g/mol. The van der Waals surface area contributed by atoms with Gasteiger partial charge >= 0.3 is 0 Å². The number of aliphatic hydroxyl groups excluding tert-OH is 1. The van der Waals surface area contributed by atoms with Crippen LogP contribution in [0.15, 0.2) is 36.9 Å². The second kappa shape index (κ2) is 6.91. The molecule has 0 radical (unpaired) electrons. The van der Waals surface area contributed by atoms with Crippen LogP contribution in [0.1, 0.15) is 31.4 Å². The minimum Gasteiger partial charge on any atom is -0.386 e. The van der Waals surface area contributed by atoms with Gasteiger partial charge in [-0.25, -0.2) is 4.39 Å². The van der Waals surface area contributed by atoms with Crippen LogP contribution in [-0.2, 0) is 4.79 Å². The smallest absolute Gasteiger partial charge is 0.220 e. The molecule has 0 aliphatic heterocycles. The number of benzene rings is 1. The Kier molecular flexibility index (Phi) is 5.52. The van der Waals surface area contributed by atoms with E-state index in [2.05, 4.69) is 11.9 Å². The van der Waals surface area contributed by atoms with E-state index in [1.807, 2.05) is 0 Å². The lowest BCUT2D eigenvalue weighted by atomic mass is 10.0. The average Bonchev–Trinajstić information content (AvgIpc) is 2.36. The Labute approximate surface area is 106 Å². The topological polar surface area (TPSA) is 49.3 Å². The third kappa shape index (κ3) is 4.30. The second-order valence-electron chi connectivity index (χ2n) is 4.18. The standard InChI is InChI=1S/C14H18FNO2/c1-3-4-5-13(17)16-10(2)14(18)11-6-8-12(15)9-7-11/h3,6-10,14,18H,1,4-5H2,2H3,(H,16,17). The van der Waals surface area contributed by atoms with Gasteiger partial charge in [0.2, 0.25) is 5.91 Å². The summed E-state index contributed by atoms with van der Waals surface area (Å²) in [5.74, 6) is -0.489. The molecule has 0 fully saturated rings. The van der Waals surface area contributed by atoms with Gasteiger partial charge in [0, 0.05) is 6.42 Å². The molecule has 3 nitrogen and oxygen atoms in total. The number of amides is 1. The summed E-state index contributed by atoms with van der Waals surface area (Å²) >= 11 is 0. The Hall–Kier alpha value is -1.68. The van der Waals surface area contributed by atoms with E-state index < -0.39 is 12.1 Å². The third-order valence-electron chi connectivity index (χ3n) is 2.65. The summed E-state index contributed by atoms with van der Waals surface area (Å²) in [7, 11) is 0. The highest BCUT2D eigenvalue weighted by molar-refractivity contribution is 5.76. The number of aliphatic hydroxyl groups is 1. The van der Waals surface area contributed by atoms with Crippen molar-refractivity contribution in [2.45, 2.75) is 31.9 Å². The normalized spacial score (nSPS) is 13.7. The summed E-state index contributed by atoms with van der Waals surface area (Å²) < 4.78 is 12.7. The molecule has 0 aliphatic rings. The van der Waals surface area contributed by atoms with Crippen molar-refractivity contribution in [2.75, 3.05) is 0 Å². The molecule has 1 rings (SSSR count). The highest BCUT2D eigenvalue weighted by atomic mass is 19.1. The Bertz CT molecular complexity index is 403. The molecule has 1 amide bonds. The van der Waals surface area contributed by atoms with E-state index >= 15 is 0 Å². The van der Waals surface area contributed by atoms with Crippen molar-refractivity contribution < 1.29 is 14.3 Å². The lowest BCUT2D eigenvalue weighted by molar-refractivity contribution is -0.122. The number of nitrogens with one attached hydrogen (secondary N) is 1. The van der Waals surface area contributed by atoms with Crippen molar-refractivity contribution in [3.63, 3.8) is 0 Å². The van der Waals surface area contributed by atoms with E-state index in [1.165, 1.54) is 24.3 Å². The van der Waals surface area contributed by atoms with Gasteiger partial charge in [-0.2, -0.15) is 0 Å². The zero-order chi connectivity index (χ0) is 13.5. The molecule has 18 heavy (non-hydrogen) atoms. The Morgan fingerprint density at radius 2 is 2.11 bits per heavy atom. The predicted octanol–water partition coefficient (Wildman–Crippen LogP) is 2.33. The van der Waals surface area contributed by atoms with Gasteiger partial charge in [0.25, 0.3) is 0 Å². The highest BCUT2D eigenvalue weighted by Gasteiger charge is 2.17. The largest absolute Gasteiger partial charge is 0.386 e. The van der Waals surface area contributed by atoms with Gasteiger partial charge in [-0.05, 0) is 31.0 Å². The predicted molar refractivity (Wildman–Crippen MR) is 68.4 cm³/mol. The van der Waals surface area contributed by atoms with E-state index in [-0.39, 0.29) is 11.7 Å². The first kappa shape index (κ1) is 14.4. The Morgan fingerprint density at radius 1 is 1.50 bits per heavy atom. The minimum atomic E-state index is -0.849. The van der Waals surface area contributed by atoms with Gasteiger partial charge < -0.3 is 10.4 Å². The average molecular weight is 251 g/mol. The van der Waals surface area contributed by atoms with Crippen LogP contribution in [0, 0.1) is 5.82 Å². The van der Waals surface area contributed by atoms with Crippen LogP contribution in [0.25, 0.3) is 0 Å². The molecular formula is C14H18FNO2. The maximum absolute atomic E-state index is 12.7. The van der Waals surface area contributed by atoms with E-state index in [1.54, 1.807) is 13.0 Å². The van der Waals surface area contributed by atoms with Gasteiger partial charge in [0.1, 0.15) is 5.82 Å². The van der Waals surface area contributed by atoms with E-state index in [0.29, 0.717) is 18.4 Å². The molecule has 2 unspecified atom stereocenters. The first-order chi connectivity index (χ1) is 8.54. The fraction of sp³-hybridized carbons (Fsp3) is 0.357. The number of hydrogen-bond donors (Lipinski definition) is 2. The van der Waals surface area contributed by atoms with Crippen LogP contribution in [0.5, 0.6) is 0 Å². The lowest BCUT2D eigenvalue weighted by Gasteiger charge is -2.20. The summed E-state index contributed by atoms with van der Waals surface area (Å²) in [4.78, 5) is 11.5. The fourth-order valence-corrected chi connectivity index (χ4v) is 1.59. The van der Waals surface area contributed by atoms with Gasteiger partial charge in [0.05, 0.1) is 12.1 Å². The second-order valence-corrected chi connectivity index (χ2v) is 4.18. The molecule has 0 heterocycles. The van der Waals surface area contributed by atoms with Crippen LogP contribution in [0.3, 0.4) is 0 Å². The van der Waals surface area contributed by atoms with Gasteiger partial charge in [-0.3, -0.25) is 4.79 Å². The van der Waals surface area contributed by atoms with Crippen molar-refractivity contribution in [1.82, 2.24) is 5.32 Å². The van der Waals surface area contributed by atoms with Gasteiger partial charge in [0.15, 0.2) is 0 Å². The molecule has 2 N–H and O–H groups in total. The molecule has 0 aliphatic carbocycles. The number of allylic oxidation sites excluding steroid dienone is 1. The first-order valence-corrected chi connectivity index (χ1v) is 5.88. The molecule has 0 saturated heterocycles. The number of carbonyl (C=O) groups is 1. The van der Waals surface area contributed by atoms with Crippen LogP contribution >= 0.6 is 0 Å². The van der Waals surface area contributed by atoms with E-state index in [0.717, 1.165) is 0 Å². The Balaban J connectivity index is 2.55. The summed E-state index contributed by atoms with van der Waals surface area (Å²) in [5, 5.41) is 12.7. The van der Waals surface area contributed by atoms with Crippen molar-refractivity contribution in [2.24, 2.45) is 0 Å². The van der Waals surface area contributed by atoms with E-state index in [4.69, 9.17) is 0 Å². The highest BCUT2D eigenvalue weighted by Crippen LogP contribution is 2.17. The molecule has 0 aromatic heterocycles. The zero-order valence-electron chi connectivity index (χ0n) is 10.4. The zero-order valence-corrected chi connectivity index (χ0v) is 10.4.